The van der Waals surface area contributed by atoms with E-state index in [1.807, 2.05) is 18.2 Å². The Labute approximate surface area is 149 Å². The maximum absolute atomic E-state index is 11.9. The number of para-hydroxylation sites is 2. The van der Waals surface area contributed by atoms with Crippen LogP contribution in [0.25, 0.3) is 0 Å². The Balaban J connectivity index is 1.67. The van der Waals surface area contributed by atoms with Crippen LogP contribution in [0.5, 0.6) is 5.75 Å². The predicted octanol–water partition coefficient (Wildman–Crippen LogP) is 1.94. The molecule has 6 nitrogen and oxygen atoms in total. The molecule has 0 saturated carbocycles. The maximum atomic E-state index is 11.9. The summed E-state index contributed by atoms with van der Waals surface area (Å²) < 4.78 is 5.43. The van der Waals surface area contributed by atoms with Crippen LogP contribution in [0.3, 0.4) is 0 Å². The number of amides is 2. The lowest BCUT2D eigenvalue weighted by Gasteiger charge is -2.21. The zero-order valence-corrected chi connectivity index (χ0v) is 15.2. The second-order valence-electron chi connectivity index (χ2n) is 6.46. The number of carbonyl (C=O) groups is 2. The molecule has 0 bridgehead atoms. The molecular formula is C19H29N3O3. The quantitative estimate of drug-likeness (QED) is 0.670. The molecule has 1 fully saturated rings. The molecule has 0 spiro atoms. The van der Waals surface area contributed by atoms with E-state index in [2.05, 4.69) is 21.6 Å². The van der Waals surface area contributed by atoms with Gasteiger partial charge in [0.25, 0.3) is 0 Å². The highest BCUT2D eigenvalue weighted by atomic mass is 16.5. The molecular weight excluding hydrogens is 318 g/mol. The summed E-state index contributed by atoms with van der Waals surface area (Å²) >= 11 is 0. The van der Waals surface area contributed by atoms with Gasteiger partial charge in [0.05, 0.1) is 12.8 Å². The lowest BCUT2D eigenvalue weighted by atomic mass is 10.1. The van der Waals surface area contributed by atoms with Crippen molar-refractivity contribution in [2.75, 3.05) is 38.7 Å². The standard InChI is InChI=1S/C19H29N3O3/c1-20-18(23)9-5-6-10-19(24)21-13-15-11-12-22(14-15)16-7-3-4-8-17(16)25-2/h3-4,7-8,15H,5-6,9-14H2,1-2H3,(H,20,23)(H,21,24). The number of hydrogen-bond donors (Lipinski definition) is 2. The Morgan fingerprint density at radius 1 is 1.20 bits per heavy atom. The lowest BCUT2D eigenvalue weighted by molar-refractivity contribution is -0.122. The smallest absolute Gasteiger partial charge is 0.220 e. The highest BCUT2D eigenvalue weighted by Crippen LogP contribution is 2.31. The van der Waals surface area contributed by atoms with Gasteiger partial charge in [-0.1, -0.05) is 12.1 Å². The van der Waals surface area contributed by atoms with E-state index in [1.54, 1.807) is 14.2 Å². The Hall–Kier alpha value is -2.24. The van der Waals surface area contributed by atoms with E-state index in [1.165, 1.54) is 0 Å². The third kappa shape index (κ3) is 5.96. The van der Waals surface area contributed by atoms with Crippen LogP contribution in [0, 0.1) is 5.92 Å². The second-order valence-corrected chi connectivity index (χ2v) is 6.46. The molecule has 25 heavy (non-hydrogen) atoms. The van der Waals surface area contributed by atoms with Gasteiger partial charge in [-0.25, -0.2) is 0 Å². The molecule has 0 radical (unpaired) electrons. The molecule has 1 unspecified atom stereocenters. The summed E-state index contributed by atoms with van der Waals surface area (Å²) in [4.78, 5) is 25.4. The number of nitrogens with one attached hydrogen (secondary N) is 2. The van der Waals surface area contributed by atoms with Gasteiger partial charge in [-0.3, -0.25) is 9.59 Å². The van der Waals surface area contributed by atoms with E-state index in [9.17, 15) is 9.59 Å². The summed E-state index contributed by atoms with van der Waals surface area (Å²) in [6.07, 6.45) is 3.53. The molecule has 138 valence electrons. The first kappa shape index (κ1) is 19.1. The average Bonchev–Trinajstić information content (AvgIpc) is 3.12. The molecule has 2 rings (SSSR count). The summed E-state index contributed by atoms with van der Waals surface area (Å²) in [5.41, 5.74) is 1.12. The Kier molecular flexibility index (Phi) is 7.57. The highest BCUT2D eigenvalue weighted by molar-refractivity contribution is 5.76. The summed E-state index contributed by atoms with van der Waals surface area (Å²) in [6, 6.07) is 8.04. The molecule has 1 aliphatic rings. The molecule has 0 aliphatic carbocycles. The van der Waals surface area contributed by atoms with Gasteiger partial charge in [-0.2, -0.15) is 0 Å². The first-order valence-corrected chi connectivity index (χ1v) is 8.99. The van der Waals surface area contributed by atoms with Crippen molar-refractivity contribution in [3.05, 3.63) is 24.3 Å². The van der Waals surface area contributed by atoms with E-state index < -0.39 is 0 Å². The fraction of sp³-hybridized carbons (Fsp3) is 0.579. The van der Waals surface area contributed by atoms with Crippen molar-refractivity contribution < 1.29 is 14.3 Å². The van der Waals surface area contributed by atoms with Gasteiger partial charge in [0.1, 0.15) is 5.75 Å². The summed E-state index contributed by atoms with van der Waals surface area (Å²) in [7, 11) is 3.32. The predicted molar refractivity (Wildman–Crippen MR) is 98.9 cm³/mol. The van der Waals surface area contributed by atoms with E-state index in [-0.39, 0.29) is 11.8 Å². The molecule has 1 aromatic rings. The highest BCUT2D eigenvalue weighted by Gasteiger charge is 2.24. The lowest BCUT2D eigenvalue weighted by Crippen LogP contribution is -2.31. The third-order valence-electron chi connectivity index (χ3n) is 4.64. The number of methoxy groups -OCH3 is 1. The fourth-order valence-electron chi connectivity index (χ4n) is 3.15. The molecule has 1 aliphatic heterocycles. The van der Waals surface area contributed by atoms with Crippen LogP contribution in [0.4, 0.5) is 5.69 Å². The van der Waals surface area contributed by atoms with Gasteiger partial charge >= 0.3 is 0 Å². The van der Waals surface area contributed by atoms with Crippen molar-refractivity contribution in [3.63, 3.8) is 0 Å². The molecule has 6 heteroatoms. The van der Waals surface area contributed by atoms with Crippen LogP contribution in [-0.4, -0.2) is 45.6 Å². The maximum Gasteiger partial charge on any atom is 0.220 e. The third-order valence-corrected chi connectivity index (χ3v) is 4.64. The second kappa shape index (κ2) is 9.91. The van der Waals surface area contributed by atoms with E-state index in [0.29, 0.717) is 25.3 Å². The van der Waals surface area contributed by atoms with Crippen molar-refractivity contribution >= 4 is 17.5 Å². The SMILES string of the molecule is CNC(=O)CCCCC(=O)NCC1CCN(c2ccccc2OC)C1. The van der Waals surface area contributed by atoms with Crippen LogP contribution < -0.4 is 20.3 Å². The Morgan fingerprint density at radius 2 is 1.92 bits per heavy atom. The zero-order chi connectivity index (χ0) is 18.1. The minimum Gasteiger partial charge on any atom is -0.495 e. The summed E-state index contributed by atoms with van der Waals surface area (Å²) in [6.45, 7) is 2.62. The summed E-state index contributed by atoms with van der Waals surface area (Å²) in [5.74, 6) is 1.46. The van der Waals surface area contributed by atoms with Crippen LogP contribution in [0.15, 0.2) is 24.3 Å². The number of anilines is 1. The number of benzene rings is 1. The Bertz CT molecular complexity index is 577. The van der Waals surface area contributed by atoms with Crippen LogP contribution >= 0.6 is 0 Å². The number of nitrogens with zero attached hydrogens (tertiary/aromatic N) is 1. The molecule has 1 heterocycles. The van der Waals surface area contributed by atoms with Crippen molar-refractivity contribution in [2.24, 2.45) is 5.92 Å². The Morgan fingerprint density at radius 3 is 2.64 bits per heavy atom. The van der Waals surface area contributed by atoms with Gasteiger partial charge < -0.3 is 20.3 Å². The minimum absolute atomic E-state index is 0.0304. The summed E-state index contributed by atoms with van der Waals surface area (Å²) in [5, 5.41) is 5.62. The van der Waals surface area contributed by atoms with Crippen LogP contribution in [0.1, 0.15) is 32.1 Å². The minimum atomic E-state index is 0.0304. The van der Waals surface area contributed by atoms with Crippen molar-refractivity contribution in [3.8, 4) is 5.75 Å². The van der Waals surface area contributed by atoms with Gasteiger partial charge in [-0.05, 0) is 37.3 Å². The topological polar surface area (TPSA) is 70.7 Å². The molecule has 1 aromatic carbocycles. The molecule has 1 atom stereocenters. The molecule has 2 amide bonds. The molecule has 0 aromatic heterocycles. The number of ether oxygens (including phenoxy) is 1. The largest absolute Gasteiger partial charge is 0.495 e. The zero-order valence-electron chi connectivity index (χ0n) is 15.2. The first-order chi connectivity index (χ1) is 12.1. The molecule has 1 saturated heterocycles. The van der Waals surface area contributed by atoms with Crippen molar-refractivity contribution in [2.45, 2.75) is 32.1 Å². The van der Waals surface area contributed by atoms with Gasteiger partial charge in [-0.15, -0.1) is 0 Å². The monoisotopic (exact) mass is 347 g/mol. The van der Waals surface area contributed by atoms with E-state index >= 15 is 0 Å². The van der Waals surface area contributed by atoms with Crippen molar-refractivity contribution in [1.82, 2.24) is 10.6 Å². The van der Waals surface area contributed by atoms with E-state index in [0.717, 1.165) is 43.8 Å². The number of unbranched alkanes of at least 4 members (excludes halogenated alkanes) is 1. The number of rotatable bonds is 9. The van der Waals surface area contributed by atoms with Gasteiger partial charge in [0.2, 0.25) is 11.8 Å². The number of carbonyl (C=O) groups excluding carboxylic acids is 2. The molecule has 2 N–H and O–H groups in total. The van der Waals surface area contributed by atoms with Crippen LogP contribution in [0.2, 0.25) is 0 Å². The number of hydrogen-bond acceptors (Lipinski definition) is 4. The van der Waals surface area contributed by atoms with Gasteiger partial charge in [0.15, 0.2) is 0 Å². The van der Waals surface area contributed by atoms with E-state index in [4.69, 9.17) is 4.74 Å². The average molecular weight is 347 g/mol. The first-order valence-electron chi connectivity index (χ1n) is 8.99. The van der Waals surface area contributed by atoms with Crippen molar-refractivity contribution in [1.29, 1.82) is 0 Å². The van der Waals surface area contributed by atoms with Crippen LogP contribution in [-0.2, 0) is 9.59 Å². The fourth-order valence-corrected chi connectivity index (χ4v) is 3.15. The van der Waals surface area contributed by atoms with Gasteiger partial charge in [0, 0.05) is 39.5 Å². The normalized spacial score (nSPS) is 16.6.